The second-order valence-electron chi connectivity index (χ2n) is 4.91. The smallest absolute Gasteiger partial charge is 0.291 e. The van der Waals surface area contributed by atoms with Gasteiger partial charge in [0.25, 0.3) is 5.91 Å². The van der Waals surface area contributed by atoms with E-state index in [-0.39, 0.29) is 19.0 Å². The molecule has 1 heterocycles. The second kappa shape index (κ2) is 5.83. The number of aromatic nitrogens is 3. The van der Waals surface area contributed by atoms with Crippen LogP contribution in [0.15, 0.2) is 24.3 Å². The Balaban J connectivity index is 1.98. The summed E-state index contributed by atoms with van der Waals surface area (Å²) < 4.78 is 1.65. The van der Waals surface area contributed by atoms with Crippen LogP contribution >= 0.6 is 11.6 Å². The van der Waals surface area contributed by atoms with Crippen LogP contribution in [0.2, 0.25) is 5.02 Å². The van der Waals surface area contributed by atoms with Crippen molar-refractivity contribution in [3.63, 3.8) is 0 Å². The number of nitrogens with one attached hydrogen (secondary N) is 1. The molecule has 1 aromatic carbocycles. The van der Waals surface area contributed by atoms with Gasteiger partial charge in [0, 0.05) is 12.5 Å². The van der Waals surface area contributed by atoms with E-state index in [2.05, 4.69) is 15.4 Å². The van der Waals surface area contributed by atoms with Crippen LogP contribution in [0, 0.1) is 0 Å². The first kappa shape index (κ1) is 14.0. The van der Waals surface area contributed by atoms with Gasteiger partial charge >= 0.3 is 0 Å². The first-order chi connectivity index (χ1) is 10.2. The lowest BCUT2D eigenvalue weighted by molar-refractivity contribution is 0.0934. The van der Waals surface area contributed by atoms with Crippen LogP contribution in [0.5, 0.6) is 0 Å². The molecule has 7 heteroatoms. The first-order valence-corrected chi connectivity index (χ1v) is 7.19. The molecule has 2 aromatic rings. The molecule has 2 N–H and O–H groups in total. The number of rotatable bonds is 5. The van der Waals surface area contributed by atoms with Gasteiger partial charge in [0.2, 0.25) is 5.82 Å². The summed E-state index contributed by atoms with van der Waals surface area (Å²) in [6.07, 6.45) is 2.09. The second-order valence-corrected chi connectivity index (χ2v) is 5.32. The van der Waals surface area contributed by atoms with E-state index in [0.717, 1.165) is 24.4 Å². The fraction of sp³-hybridized carbons (Fsp3) is 0.357. The molecule has 0 spiro atoms. The average Bonchev–Trinajstić information content (AvgIpc) is 3.24. The van der Waals surface area contributed by atoms with Gasteiger partial charge in [-0.25, -0.2) is 9.67 Å². The maximum absolute atomic E-state index is 11.9. The van der Waals surface area contributed by atoms with E-state index in [1.54, 1.807) is 10.7 Å². The third kappa shape index (κ3) is 2.91. The molecule has 110 valence electrons. The number of nitrogens with zero attached hydrogens (tertiary/aromatic N) is 3. The first-order valence-electron chi connectivity index (χ1n) is 6.81. The van der Waals surface area contributed by atoms with Crippen molar-refractivity contribution < 1.29 is 9.90 Å². The van der Waals surface area contributed by atoms with Gasteiger partial charge in [-0.3, -0.25) is 4.79 Å². The standard InChI is InChI=1S/C14H15ClN4O2/c15-10-3-1-2-4-11(10)19-13(9-5-6-9)17-12(18-19)14(21)16-7-8-20/h1-4,9,20H,5-8H2,(H,16,21). The highest BCUT2D eigenvalue weighted by Gasteiger charge is 2.31. The van der Waals surface area contributed by atoms with Crippen molar-refractivity contribution >= 4 is 17.5 Å². The molecule has 0 unspecified atom stereocenters. The lowest BCUT2D eigenvalue weighted by Crippen LogP contribution is -2.27. The molecular formula is C14H15ClN4O2. The highest BCUT2D eigenvalue weighted by Crippen LogP contribution is 2.40. The zero-order valence-corrected chi connectivity index (χ0v) is 12.0. The Bertz CT molecular complexity index is 667. The molecule has 0 saturated heterocycles. The number of benzene rings is 1. The maximum Gasteiger partial charge on any atom is 0.291 e. The fourth-order valence-corrected chi connectivity index (χ4v) is 2.29. The molecule has 0 bridgehead atoms. The number of amides is 1. The Kier molecular flexibility index (Phi) is 3.90. The summed E-state index contributed by atoms with van der Waals surface area (Å²) in [5.74, 6) is 0.799. The summed E-state index contributed by atoms with van der Waals surface area (Å²) in [6.45, 7) is 0.0602. The van der Waals surface area contributed by atoms with Crippen molar-refractivity contribution in [2.75, 3.05) is 13.2 Å². The van der Waals surface area contributed by atoms with Crippen LogP contribution in [-0.2, 0) is 0 Å². The number of carbonyl (C=O) groups is 1. The Morgan fingerprint density at radius 1 is 1.43 bits per heavy atom. The minimum absolute atomic E-state index is 0.102. The van der Waals surface area contributed by atoms with Crippen LogP contribution in [0.4, 0.5) is 0 Å². The summed E-state index contributed by atoms with van der Waals surface area (Å²) in [7, 11) is 0. The third-order valence-electron chi connectivity index (χ3n) is 3.26. The van der Waals surface area contributed by atoms with Crippen molar-refractivity contribution in [1.29, 1.82) is 0 Å². The Morgan fingerprint density at radius 3 is 2.86 bits per heavy atom. The van der Waals surface area contributed by atoms with Gasteiger partial charge in [-0.15, -0.1) is 5.10 Å². The van der Waals surface area contributed by atoms with Gasteiger partial charge in [0.1, 0.15) is 5.82 Å². The fourth-order valence-electron chi connectivity index (χ4n) is 2.08. The van der Waals surface area contributed by atoms with Crippen molar-refractivity contribution in [2.45, 2.75) is 18.8 Å². The molecule has 1 aliphatic rings. The Morgan fingerprint density at radius 2 is 2.19 bits per heavy atom. The van der Waals surface area contributed by atoms with E-state index in [1.807, 2.05) is 18.2 Å². The lowest BCUT2D eigenvalue weighted by Gasteiger charge is -2.06. The van der Waals surface area contributed by atoms with Crippen LogP contribution in [-0.4, -0.2) is 38.9 Å². The van der Waals surface area contributed by atoms with Crippen LogP contribution in [0.1, 0.15) is 35.2 Å². The predicted molar refractivity (Wildman–Crippen MR) is 77.8 cm³/mol. The van der Waals surface area contributed by atoms with Crippen LogP contribution < -0.4 is 5.32 Å². The monoisotopic (exact) mass is 306 g/mol. The summed E-state index contributed by atoms with van der Waals surface area (Å²) in [4.78, 5) is 16.3. The molecule has 1 amide bonds. The topological polar surface area (TPSA) is 80.0 Å². The lowest BCUT2D eigenvalue weighted by atomic mass is 10.3. The minimum Gasteiger partial charge on any atom is -0.395 e. The number of hydrogen-bond acceptors (Lipinski definition) is 4. The molecule has 1 aromatic heterocycles. The van der Waals surface area contributed by atoms with Gasteiger partial charge in [0.15, 0.2) is 0 Å². The number of carbonyl (C=O) groups excluding carboxylic acids is 1. The van der Waals surface area contributed by atoms with Gasteiger partial charge in [-0.1, -0.05) is 23.7 Å². The molecule has 0 radical (unpaired) electrons. The Hall–Kier alpha value is -1.92. The van der Waals surface area contributed by atoms with Gasteiger partial charge < -0.3 is 10.4 Å². The predicted octanol–water partition coefficient (Wildman–Crippen LogP) is 1.52. The number of aliphatic hydroxyl groups excluding tert-OH is 1. The van der Waals surface area contributed by atoms with Crippen molar-refractivity contribution in [3.05, 3.63) is 40.9 Å². The summed E-state index contributed by atoms with van der Waals surface area (Å²) in [5.41, 5.74) is 0.717. The van der Waals surface area contributed by atoms with E-state index in [4.69, 9.17) is 16.7 Å². The van der Waals surface area contributed by atoms with E-state index in [9.17, 15) is 4.79 Å². The highest BCUT2D eigenvalue weighted by atomic mass is 35.5. The van der Waals surface area contributed by atoms with Crippen LogP contribution in [0.3, 0.4) is 0 Å². The number of hydrogen-bond donors (Lipinski definition) is 2. The normalized spacial score (nSPS) is 14.2. The largest absolute Gasteiger partial charge is 0.395 e. The Labute approximate surface area is 126 Å². The molecule has 1 fully saturated rings. The zero-order chi connectivity index (χ0) is 14.8. The van der Waals surface area contributed by atoms with E-state index >= 15 is 0 Å². The average molecular weight is 307 g/mol. The van der Waals surface area contributed by atoms with Gasteiger partial charge in [-0.2, -0.15) is 0 Å². The summed E-state index contributed by atoms with van der Waals surface area (Å²) >= 11 is 6.21. The molecular weight excluding hydrogens is 292 g/mol. The van der Waals surface area contributed by atoms with Gasteiger partial charge in [0.05, 0.1) is 17.3 Å². The summed E-state index contributed by atoms with van der Waals surface area (Å²) in [6, 6.07) is 7.33. The van der Waals surface area contributed by atoms with E-state index in [1.165, 1.54) is 0 Å². The van der Waals surface area contributed by atoms with Gasteiger partial charge in [-0.05, 0) is 25.0 Å². The molecule has 6 nitrogen and oxygen atoms in total. The molecule has 0 atom stereocenters. The maximum atomic E-state index is 11.9. The quantitative estimate of drug-likeness (QED) is 0.877. The zero-order valence-electron chi connectivity index (χ0n) is 11.3. The number of halogens is 1. The van der Waals surface area contributed by atoms with Crippen molar-refractivity contribution in [3.8, 4) is 5.69 Å². The minimum atomic E-state index is -0.392. The van der Waals surface area contributed by atoms with Crippen molar-refractivity contribution in [1.82, 2.24) is 20.1 Å². The molecule has 21 heavy (non-hydrogen) atoms. The van der Waals surface area contributed by atoms with Crippen molar-refractivity contribution in [2.24, 2.45) is 0 Å². The summed E-state index contributed by atoms with van der Waals surface area (Å²) in [5, 5.41) is 16.2. The molecule has 1 saturated carbocycles. The highest BCUT2D eigenvalue weighted by molar-refractivity contribution is 6.32. The number of aliphatic hydroxyl groups is 1. The van der Waals surface area contributed by atoms with Crippen LogP contribution in [0.25, 0.3) is 5.69 Å². The molecule has 0 aliphatic heterocycles. The molecule has 3 rings (SSSR count). The third-order valence-corrected chi connectivity index (χ3v) is 3.58. The number of para-hydroxylation sites is 1. The van der Waals surface area contributed by atoms with E-state index < -0.39 is 5.91 Å². The molecule has 1 aliphatic carbocycles. The van der Waals surface area contributed by atoms with E-state index in [0.29, 0.717) is 10.9 Å². The SMILES string of the molecule is O=C(NCCO)c1nc(C2CC2)n(-c2ccccc2Cl)n1.